The summed E-state index contributed by atoms with van der Waals surface area (Å²) in [6.07, 6.45) is 0. The van der Waals surface area contributed by atoms with Gasteiger partial charge in [0.05, 0.1) is 4.90 Å². The maximum atomic E-state index is 12.9. The van der Waals surface area contributed by atoms with E-state index >= 15 is 0 Å². The summed E-state index contributed by atoms with van der Waals surface area (Å²) in [7, 11) is -0.617. The highest BCUT2D eigenvalue weighted by molar-refractivity contribution is 7.92. The van der Waals surface area contributed by atoms with E-state index in [-0.39, 0.29) is 16.5 Å². The molecule has 0 aliphatic rings. The van der Waals surface area contributed by atoms with Crippen molar-refractivity contribution in [2.45, 2.75) is 4.90 Å². The number of halogens is 1. The summed E-state index contributed by atoms with van der Waals surface area (Å²) in [4.78, 5) is 13.2. The summed E-state index contributed by atoms with van der Waals surface area (Å²) in [5, 5.41) is 0. The summed E-state index contributed by atoms with van der Waals surface area (Å²) in [5.74, 6) is -0.750. The van der Waals surface area contributed by atoms with Gasteiger partial charge in [-0.25, -0.2) is 12.8 Å². The normalized spacial score (nSPS) is 11.0. The Labute approximate surface area is 128 Å². The predicted molar refractivity (Wildman–Crippen MR) is 81.7 cm³/mol. The van der Waals surface area contributed by atoms with Crippen LogP contribution in [0.1, 0.15) is 10.4 Å². The van der Waals surface area contributed by atoms with Crippen LogP contribution in [-0.2, 0) is 10.0 Å². The van der Waals surface area contributed by atoms with Crippen LogP contribution in [-0.4, -0.2) is 33.3 Å². The first kappa shape index (κ1) is 16.0. The molecule has 0 aromatic heterocycles. The maximum absolute atomic E-state index is 12.9. The molecule has 2 rings (SSSR count). The minimum atomic E-state index is -3.83. The number of nitrogens with one attached hydrogen (secondary N) is 1. The molecule has 1 N–H and O–H groups in total. The van der Waals surface area contributed by atoms with Gasteiger partial charge in [-0.15, -0.1) is 0 Å². The van der Waals surface area contributed by atoms with Gasteiger partial charge in [-0.3, -0.25) is 9.52 Å². The number of benzene rings is 2. The molecule has 0 saturated carbocycles. The zero-order valence-electron chi connectivity index (χ0n) is 12.1. The highest BCUT2D eigenvalue weighted by Crippen LogP contribution is 2.18. The SMILES string of the molecule is CN(C)C(=O)c1cccc(NS(=O)(=O)c2ccc(F)cc2)c1. The lowest BCUT2D eigenvalue weighted by Crippen LogP contribution is -2.22. The summed E-state index contributed by atoms with van der Waals surface area (Å²) < 4.78 is 39.6. The molecule has 0 unspecified atom stereocenters. The Balaban J connectivity index is 2.28. The van der Waals surface area contributed by atoms with Gasteiger partial charge in [-0.05, 0) is 42.5 Å². The van der Waals surface area contributed by atoms with Crippen molar-refractivity contribution in [1.29, 1.82) is 0 Å². The average molecular weight is 322 g/mol. The quantitative estimate of drug-likeness (QED) is 0.939. The number of hydrogen-bond donors (Lipinski definition) is 1. The lowest BCUT2D eigenvalue weighted by Gasteiger charge is -2.12. The van der Waals surface area contributed by atoms with E-state index in [2.05, 4.69) is 4.72 Å². The van der Waals surface area contributed by atoms with Crippen LogP contribution in [0.15, 0.2) is 53.4 Å². The Hall–Kier alpha value is -2.41. The largest absolute Gasteiger partial charge is 0.345 e. The zero-order chi connectivity index (χ0) is 16.3. The molecular formula is C15H15FN2O3S. The van der Waals surface area contributed by atoms with Crippen molar-refractivity contribution in [3.05, 3.63) is 59.9 Å². The first-order valence-corrected chi connectivity index (χ1v) is 7.88. The molecule has 0 fully saturated rings. The second-order valence-corrected chi connectivity index (χ2v) is 6.52. The van der Waals surface area contributed by atoms with Crippen molar-refractivity contribution in [3.8, 4) is 0 Å². The number of carbonyl (C=O) groups is 1. The molecular weight excluding hydrogens is 307 g/mol. The highest BCUT2D eigenvalue weighted by atomic mass is 32.2. The highest BCUT2D eigenvalue weighted by Gasteiger charge is 2.15. The minimum absolute atomic E-state index is 0.0572. The fraction of sp³-hybridized carbons (Fsp3) is 0.133. The molecule has 0 heterocycles. The second-order valence-electron chi connectivity index (χ2n) is 4.84. The maximum Gasteiger partial charge on any atom is 0.261 e. The van der Waals surface area contributed by atoms with Crippen LogP contribution < -0.4 is 4.72 Å². The molecule has 1 amide bonds. The number of rotatable bonds is 4. The van der Waals surface area contributed by atoms with Crippen molar-refractivity contribution < 1.29 is 17.6 Å². The Morgan fingerprint density at radius 3 is 2.32 bits per heavy atom. The Morgan fingerprint density at radius 1 is 1.09 bits per heavy atom. The number of sulfonamides is 1. The van der Waals surface area contributed by atoms with Crippen molar-refractivity contribution in [3.63, 3.8) is 0 Å². The number of hydrogen-bond acceptors (Lipinski definition) is 3. The second kappa shape index (κ2) is 6.15. The van der Waals surface area contributed by atoms with Crippen LogP contribution >= 0.6 is 0 Å². The molecule has 0 aliphatic heterocycles. The summed E-state index contributed by atoms with van der Waals surface area (Å²) >= 11 is 0. The van der Waals surface area contributed by atoms with E-state index in [0.717, 1.165) is 12.1 Å². The van der Waals surface area contributed by atoms with Crippen LogP contribution in [0, 0.1) is 5.82 Å². The van der Waals surface area contributed by atoms with Crippen LogP contribution in [0.4, 0.5) is 10.1 Å². The Morgan fingerprint density at radius 2 is 1.73 bits per heavy atom. The molecule has 7 heteroatoms. The van der Waals surface area contributed by atoms with E-state index in [4.69, 9.17) is 0 Å². The van der Waals surface area contributed by atoms with Gasteiger partial charge < -0.3 is 4.90 Å². The van der Waals surface area contributed by atoms with Gasteiger partial charge in [0.15, 0.2) is 0 Å². The van der Waals surface area contributed by atoms with E-state index in [0.29, 0.717) is 5.56 Å². The fourth-order valence-corrected chi connectivity index (χ4v) is 2.85. The molecule has 2 aromatic carbocycles. The van der Waals surface area contributed by atoms with E-state index < -0.39 is 15.8 Å². The fourth-order valence-electron chi connectivity index (χ4n) is 1.80. The standard InChI is InChI=1S/C15H15FN2O3S/c1-18(2)15(19)11-4-3-5-13(10-11)17-22(20,21)14-8-6-12(16)7-9-14/h3-10,17H,1-2H3. The monoisotopic (exact) mass is 322 g/mol. The van der Waals surface area contributed by atoms with Gasteiger partial charge in [0.25, 0.3) is 15.9 Å². The predicted octanol–water partition coefficient (Wildman–Crippen LogP) is 2.33. The Bertz CT molecular complexity index is 787. The van der Waals surface area contributed by atoms with Gasteiger partial charge >= 0.3 is 0 Å². The van der Waals surface area contributed by atoms with Gasteiger partial charge in [-0.2, -0.15) is 0 Å². The molecule has 0 bridgehead atoms. The summed E-state index contributed by atoms with van der Waals surface area (Å²) in [6.45, 7) is 0. The third-order valence-electron chi connectivity index (χ3n) is 2.89. The van der Waals surface area contributed by atoms with Gasteiger partial charge in [0, 0.05) is 25.3 Å². The minimum Gasteiger partial charge on any atom is -0.345 e. The third kappa shape index (κ3) is 3.62. The smallest absolute Gasteiger partial charge is 0.261 e. The Kier molecular flexibility index (Phi) is 4.46. The number of amides is 1. The van der Waals surface area contributed by atoms with Crippen molar-refractivity contribution in [2.75, 3.05) is 18.8 Å². The molecule has 0 aliphatic carbocycles. The topological polar surface area (TPSA) is 66.5 Å². The van der Waals surface area contributed by atoms with Crippen molar-refractivity contribution in [2.24, 2.45) is 0 Å². The molecule has 5 nitrogen and oxygen atoms in total. The molecule has 0 spiro atoms. The van der Waals surface area contributed by atoms with Crippen molar-refractivity contribution in [1.82, 2.24) is 4.90 Å². The van der Waals surface area contributed by atoms with E-state index in [9.17, 15) is 17.6 Å². The van der Waals surface area contributed by atoms with E-state index in [1.54, 1.807) is 26.2 Å². The lowest BCUT2D eigenvalue weighted by atomic mass is 10.2. The van der Waals surface area contributed by atoms with Crippen LogP contribution in [0.5, 0.6) is 0 Å². The van der Waals surface area contributed by atoms with Gasteiger partial charge in [0.2, 0.25) is 0 Å². The third-order valence-corrected chi connectivity index (χ3v) is 4.29. The van der Waals surface area contributed by atoms with Crippen molar-refractivity contribution >= 4 is 21.6 Å². The average Bonchev–Trinajstić information content (AvgIpc) is 2.46. The van der Waals surface area contributed by atoms with E-state index in [1.165, 1.54) is 29.2 Å². The molecule has 116 valence electrons. The first-order chi connectivity index (χ1) is 10.3. The number of carbonyl (C=O) groups excluding carboxylic acids is 1. The van der Waals surface area contributed by atoms with Crippen LogP contribution in [0.3, 0.4) is 0 Å². The summed E-state index contributed by atoms with van der Waals surface area (Å²) in [5.41, 5.74) is 0.626. The van der Waals surface area contributed by atoms with Crippen LogP contribution in [0.2, 0.25) is 0 Å². The lowest BCUT2D eigenvalue weighted by molar-refractivity contribution is 0.0827. The van der Waals surface area contributed by atoms with Gasteiger partial charge in [-0.1, -0.05) is 6.07 Å². The molecule has 0 atom stereocenters. The summed E-state index contributed by atoms with van der Waals surface area (Å²) in [6, 6.07) is 10.6. The first-order valence-electron chi connectivity index (χ1n) is 6.40. The molecule has 0 saturated heterocycles. The molecule has 22 heavy (non-hydrogen) atoms. The van der Waals surface area contributed by atoms with E-state index in [1.807, 2.05) is 0 Å². The van der Waals surface area contributed by atoms with Crippen LogP contribution in [0.25, 0.3) is 0 Å². The number of nitrogens with zero attached hydrogens (tertiary/aromatic N) is 1. The molecule has 2 aromatic rings. The molecule has 0 radical (unpaired) electrons. The van der Waals surface area contributed by atoms with Gasteiger partial charge in [0.1, 0.15) is 5.82 Å². The number of anilines is 1. The zero-order valence-corrected chi connectivity index (χ0v) is 12.9.